The first-order valence-electron chi connectivity index (χ1n) is 6.22. The normalized spacial score (nSPS) is 32.9. The molecular formula is C12H21NO2. The molecule has 0 radical (unpaired) electrons. The largest absolute Gasteiger partial charge is 0.462 e. The van der Waals surface area contributed by atoms with E-state index in [0.717, 1.165) is 32.1 Å². The average Bonchev–Trinajstić information content (AvgIpc) is 2.66. The smallest absolute Gasteiger partial charge is 0.309 e. The van der Waals surface area contributed by atoms with Crippen LogP contribution in [0.25, 0.3) is 0 Å². The molecule has 0 bridgehead atoms. The van der Waals surface area contributed by atoms with Crippen molar-refractivity contribution in [2.45, 2.75) is 63.5 Å². The number of hydrogen-bond acceptors (Lipinski definition) is 3. The van der Waals surface area contributed by atoms with Crippen LogP contribution in [-0.4, -0.2) is 18.1 Å². The molecule has 0 heterocycles. The predicted octanol–water partition coefficient (Wildman–Crippen LogP) is 1.99. The van der Waals surface area contributed by atoms with Crippen molar-refractivity contribution in [1.29, 1.82) is 0 Å². The Morgan fingerprint density at radius 3 is 2.40 bits per heavy atom. The molecular weight excluding hydrogens is 190 g/mol. The first-order chi connectivity index (χ1) is 7.25. The summed E-state index contributed by atoms with van der Waals surface area (Å²) in [5.74, 6) is 0.0942. The highest BCUT2D eigenvalue weighted by Gasteiger charge is 2.30. The van der Waals surface area contributed by atoms with Gasteiger partial charge in [0, 0.05) is 6.04 Å². The van der Waals surface area contributed by atoms with Crippen LogP contribution in [0, 0.1) is 5.92 Å². The van der Waals surface area contributed by atoms with Crippen molar-refractivity contribution in [2.75, 3.05) is 0 Å². The molecule has 2 saturated carbocycles. The Bertz CT molecular complexity index is 224. The van der Waals surface area contributed by atoms with Gasteiger partial charge in [-0.15, -0.1) is 0 Å². The van der Waals surface area contributed by atoms with E-state index < -0.39 is 0 Å². The summed E-state index contributed by atoms with van der Waals surface area (Å²) >= 11 is 0. The monoisotopic (exact) mass is 211 g/mol. The zero-order chi connectivity index (χ0) is 10.7. The summed E-state index contributed by atoms with van der Waals surface area (Å²) in [6.07, 6.45) is 8.76. The van der Waals surface area contributed by atoms with Gasteiger partial charge in [-0.2, -0.15) is 0 Å². The minimum absolute atomic E-state index is 0.00912. The van der Waals surface area contributed by atoms with Gasteiger partial charge in [-0.25, -0.2) is 0 Å². The molecule has 0 unspecified atom stereocenters. The van der Waals surface area contributed by atoms with Crippen molar-refractivity contribution in [3.63, 3.8) is 0 Å². The molecule has 2 fully saturated rings. The van der Waals surface area contributed by atoms with Crippen LogP contribution >= 0.6 is 0 Å². The summed E-state index contributed by atoms with van der Waals surface area (Å²) in [7, 11) is 0. The number of ether oxygens (including phenoxy) is 1. The maximum absolute atomic E-state index is 11.8. The molecule has 2 aliphatic carbocycles. The van der Waals surface area contributed by atoms with Gasteiger partial charge in [0.2, 0.25) is 0 Å². The fraction of sp³-hybridized carbons (Fsp3) is 0.917. The zero-order valence-electron chi connectivity index (χ0n) is 9.28. The van der Waals surface area contributed by atoms with E-state index in [-0.39, 0.29) is 24.0 Å². The maximum Gasteiger partial charge on any atom is 0.309 e. The number of nitrogens with two attached hydrogens (primary N) is 1. The summed E-state index contributed by atoms with van der Waals surface area (Å²) in [5, 5.41) is 0. The van der Waals surface area contributed by atoms with E-state index in [1.165, 1.54) is 19.3 Å². The lowest BCUT2D eigenvalue weighted by Gasteiger charge is -2.23. The van der Waals surface area contributed by atoms with Gasteiger partial charge >= 0.3 is 5.97 Å². The summed E-state index contributed by atoms with van der Waals surface area (Å²) < 4.78 is 5.53. The standard InChI is InChI=1S/C12H21NO2/c13-10-7-6-9(8-10)12(14)15-11-4-2-1-3-5-11/h9-11H,1-8,13H2/t9-,10+/m1/s1. The number of rotatable bonds is 2. The molecule has 2 N–H and O–H groups in total. The van der Waals surface area contributed by atoms with E-state index in [2.05, 4.69) is 0 Å². The highest BCUT2D eigenvalue weighted by Crippen LogP contribution is 2.27. The molecule has 0 aromatic carbocycles. The molecule has 86 valence electrons. The van der Waals surface area contributed by atoms with Gasteiger partial charge < -0.3 is 10.5 Å². The number of hydrogen-bond donors (Lipinski definition) is 1. The van der Waals surface area contributed by atoms with Gasteiger partial charge in [-0.1, -0.05) is 6.42 Å². The number of carbonyl (C=O) groups is 1. The Balaban J connectivity index is 1.76. The van der Waals surface area contributed by atoms with Crippen LogP contribution < -0.4 is 5.73 Å². The average molecular weight is 211 g/mol. The van der Waals surface area contributed by atoms with E-state index >= 15 is 0 Å². The van der Waals surface area contributed by atoms with Crippen molar-refractivity contribution < 1.29 is 9.53 Å². The van der Waals surface area contributed by atoms with Gasteiger partial charge in [-0.3, -0.25) is 4.79 Å². The molecule has 3 nitrogen and oxygen atoms in total. The Morgan fingerprint density at radius 1 is 1.07 bits per heavy atom. The van der Waals surface area contributed by atoms with Crippen LogP contribution in [0.1, 0.15) is 51.4 Å². The summed E-state index contributed by atoms with van der Waals surface area (Å²) in [6, 6.07) is 0.217. The maximum atomic E-state index is 11.8. The third kappa shape index (κ3) is 2.94. The Kier molecular flexibility index (Phi) is 3.62. The second-order valence-electron chi connectivity index (χ2n) is 4.97. The summed E-state index contributed by atoms with van der Waals surface area (Å²) in [5.41, 5.74) is 5.79. The molecule has 2 aliphatic rings. The van der Waals surface area contributed by atoms with Crippen LogP contribution in [0.4, 0.5) is 0 Å². The van der Waals surface area contributed by atoms with Crippen LogP contribution in [0.2, 0.25) is 0 Å². The van der Waals surface area contributed by atoms with Crippen LogP contribution in [0.15, 0.2) is 0 Å². The Hall–Kier alpha value is -0.570. The van der Waals surface area contributed by atoms with Crippen LogP contribution in [0.5, 0.6) is 0 Å². The molecule has 15 heavy (non-hydrogen) atoms. The van der Waals surface area contributed by atoms with Gasteiger partial charge in [0.1, 0.15) is 6.10 Å². The van der Waals surface area contributed by atoms with E-state index in [9.17, 15) is 4.79 Å². The van der Waals surface area contributed by atoms with E-state index in [1.807, 2.05) is 0 Å². The second-order valence-corrected chi connectivity index (χ2v) is 4.97. The minimum atomic E-state index is 0.00912. The lowest BCUT2D eigenvalue weighted by Crippen LogP contribution is -2.26. The molecule has 0 saturated heterocycles. The third-order valence-electron chi connectivity index (χ3n) is 3.64. The third-order valence-corrected chi connectivity index (χ3v) is 3.64. The quantitative estimate of drug-likeness (QED) is 0.711. The fourth-order valence-corrected chi connectivity index (χ4v) is 2.67. The molecule has 0 aromatic rings. The van der Waals surface area contributed by atoms with Crippen LogP contribution in [-0.2, 0) is 9.53 Å². The van der Waals surface area contributed by atoms with Gasteiger partial charge in [-0.05, 0) is 44.9 Å². The van der Waals surface area contributed by atoms with Crippen molar-refractivity contribution in [2.24, 2.45) is 11.7 Å². The van der Waals surface area contributed by atoms with E-state index in [4.69, 9.17) is 10.5 Å². The predicted molar refractivity (Wildman–Crippen MR) is 58.3 cm³/mol. The Morgan fingerprint density at radius 2 is 1.80 bits per heavy atom. The molecule has 0 amide bonds. The molecule has 2 rings (SSSR count). The highest BCUT2D eigenvalue weighted by molar-refractivity contribution is 5.73. The lowest BCUT2D eigenvalue weighted by molar-refractivity contribution is -0.155. The second kappa shape index (κ2) is 4.97. The van der Waals surface area contributed by atoms with E-state index in [1.54, 1.807) is 0 Å². The SMILES string of the molecule is N[C@H]1CC[C@@H](C(=O)OC2CCCCC2)C1. The highest BCUT2D eigenvalue weighted by atomic mass is 16.5. The lowest BCUT2D eigenvalue weighted by atomic mass is 9.97. The van der Waals surface area contributed by atoms with Gasteiger partial charge in [0.05, 0.1) is 5.92 Å². The van der Waals surface area contributed by atoms with E-state index in [0.29, 0.717) is 0 Å². The fourth-order valence-electron chi connectivity index (χ4n) is 2.67. The first kappa shape index (κ1) is 10.9. The topological polar surface area (TPSA) is 52.3 Å². The molecule has 2 atom stereocenters. The molecule has 3 heteroatoms. The molecule has 0 aromatic heterocycles. The van der Waals surface area contributed by atoms with Crippen molar-refractivity contribution >= 4 is 5.97 Å². The zero-order valence-corrected chi connectivity index (χ0v) is 9.28. The minimum Gasteiger partial charge on any atom is -0.462 e. The van der Waals surface area contributed by atoms with Gasteiger partial charge in [0.25, 0.3) is 0 Å². The van der Waals surface area contributed by atoms with Crippen molar-refractivity contribution in [3.8, 4) is 0 Å². The van der Waals surface area contributed by atoms with Crippen molar-refractivity contribution in [3.05, 3.63) is 0 Å². The first-order valence-corrected chi connectivity index (χ1v) is 6.22. The van der Waals surface area contributed by atoms with Crippen molar-refractivity contribution in [1.82, 2.24) is 0 Å². The van der Waals surface area contributed by atoms with Gasteiger partial charge in [0.15, 0.2) is 0 Å². The molecule has 0 spiro atoms. The number of carbonyl (C=O) groups excluding carboxylic acids is 1. The summed E-state index contributed by atoms with van der Waals surface area (Å²) in [6.45, 7) is 0. The summed E-state index contributed by atoms with van der Waals surface area (Å²) in [4.78, 5) is 11.8. The van der Waals surface area contributed by atoms with Crippen LogP contribution in [0.3, 0.4) is 0 Å². The number of esters is 1. The Labute approximate surface area is 91.4 Å². The molecule has 0 aliphatic heterocycles.